The molecule has 0 spiro atoms. The van der Waals surface area contributed by atoms with Crippen molar-refractivity contribution in [1.29, 1.82) is 0 Å². The highest BCUT2D eigenvalue weighted by Crippen LogP contribution is 2.29. The van der Waals surface area contributed by atoms with Gasteiger partial charge < -0.3 is 19.7 Å². The van der Waals surface area contributed by atoms with Crippen LogP contribution in [0.3, 0.4) is 0 Å². The van der Waals surface area contributed by atoms with E-state index in [0.717, 1.165) is 44.2 Å². The number of fused-ring (bicyclic) bond motifs is 2. The van der Waals surface area contributed by atoms with E-state index in [9.17, 15) is 4.79 Å². The average molecular weight is 462 g/mol. The van der Waals surface area contributed by atoms with Crippen molar-refractivity contribution in [2.45, 2.75) is 25.8 Å². The highest BCUT2D eigenvalue weighted by molar-refractivity contribution is 5.90. The van der Waals surface area contributed by atoms with E-state index in [-0.39, 0.29) is 12.8 Å². The molecule has 4 rings (SSSR count). The summed E-state index contributed by atoms with van der Waals surface area (Å²) in [6, 6.07) is 23.7. The van der Waals surface area contributed by atoms with Crippen LogP contribution in [-0.4, -0.2) is 37.1 Å². The van der Waals surface area contributed by atoms with Crippen LogP contribution in [0, 0.1) is 0 Å². The zero-order valence-electron chi connectivity index (χ0n) is 19.9. The minimum absolute atomic E-state index is 0.0166. The molecular formula is C28H31NO5. The Bertz CT molecular complexity index is 1270. The maximum Gasteiger partial charge on any atom is 0.310 e. The second-order valence-electron chi connectivity index (χ2n) is 8.03. The Balaban J connectivity index is 0.000000191. The fourth-order valence-corrected chi connectivity index (χ4v) is 3.84. The van der Waals surface area contributed by atoms with Crippen LogP contribution >= 0.6 is 0 Å². The van der Waals surface area contributed by atoms with E-state index in [4.69, 9.17) is 19.7 Å². The van der Waals surface area contributed by atoms with Crippen molar-refractivity contribution in [2.24, 2.45) is 0 Å². The summed E-state index contributed by atoms with van der Waals surface area (Å²) in [6.07, 6.45) is 0. The number of rotatable bonds is 7. The molecule has 2 atom stereocenters. The van der Waals surface area contributed by atoms with Crippen LogP contribution in [0.1, 0.15) is 36.9 Å². The first-order valence-corrected chi connectivity index (χ1v) is 11.1. The Labute approximate surface area is 199 Å². The molecular weight excluding hydrogens is 430 g/mol. The number of benzene rings is 4. The Hall–Kier alpha value is -3.61. The Morgan fingerprint density at radius 1 is 0.824 bits per heavy atom. The first-order valence-electron chi connectivity index (χ1n) is 11.1. The first-order chi connectivity index (χ1) is 16.4. The molecule has 0 saturated heterocycles. The summed E-state index contributed by atoms with van der Waals surface area (Å²) in [5.74, 6) is 0.381. The third kappa shape index (κ3) is 5.65. The molecule has 0 bridgehead atoms. The van der Waals surface area contributed by atoms with Gasteiger partial charge in [0.2, 0.25) is 0 Å². The van der Waals surface area contributed by atoms with Gasteiger partial charge in [-0.3, -0.25) is 10.1 Å². The van der Waals surface area contributed by atoms with Gasteiger partial charge in [-0.2, -0.15) is 0 Å². The molecule has 4 aromatic rings. The summed E-state index contributed by atoms with van der Waals surface area (Å²) in [5, 5.41) is 25.1. The lowest BCUT2D eigenvalue weighted by Gasteiger charge is -2.13. The van der Waals surface area contributed by atoms with Gasteiger partial charge in [0.05, 0.1) is 26.9 Å². The van der Waals surface area contributed by atoms with Crippen LogP contribution in [0.4, 0.5) is 0 Å². The highest BCUT2D eigenvalue weighted by atomic mass is 16.5. The van der Waals surface area contributed by atoms with Gasteiger partial charge in [-0.05, 0) is 53.9 Å². The molecule has 0 radical (unpaired) electrons. The number of aliphatic carboxylic acids is 1. The second kappa shape index (κ2) is 11.5. The van der Waals surface area contributed by atoms with Gasteiger partial charge >= 0.3 is 5.97 Å². The normalized spacial score (nSPS) is 12.5. The van der Waals surface area contributed by atoms with Crippen molar-refractivity contribution in [2.75, 3.05) is 21.0 Å². The topological polar surface area (TPSA) is 88.0 Å². The van der Waals surface area contributed by atoms with Crippen LogP contribution in [0.25, 0.3) is 21.5 Å². The molecule has 34 heavy (non-hydrogen) atoms. The number of methoxy groups -OCH3 is 2. The van der Waals surface area contributed by atoms with Gasteiger partial charge in [-0.15, -0.1) is 0 Å². The van der Waals surface area contributed by atoms with Gasteiger partial charge in [-0.1, -0.05) is 54.6 Å². The van der Waals surface area contributed by atoms with E-state index in [1.807, 2.05) is 55.5 Å². The minimum atomic E-state index is -0.813. The summed E-state index contributed by atoms with van der Waals surface area (Å²) in [5.41, 5.74) is 1.96. The molecule has 3 N–H and O–H groups in total. The smallest absolute Gasteiger partial charge is 0.310 e. The van der Waals surface area contributed by atoms with E-state index in [0.29, 0.717) is 0 Å². The van der Waals surface area contributed by atoms with E-state index < -0.39 is 11.9 Å². The summed E-state index contributed by atoms with van der Waals surface area (Å²) < 4.78 is 10.6. The third-order valence-corrected chi connectivity index (χ3v) is 5.94. The van der Waals surface area contributed by atoms with Crippen molar-refractivity contribution in [1.82, 2.24) is 5.32 Å². The highest BCUT2D eigenvalue weighted by Gasteiger charge is 2.14. The summed E-state index contributed by atoms with van der Waals surface area (Å²) in [6.45, 7) is 3.69. The lowest BCUT2D eigenvalue weighted by Crippen LogP contribution is -2.19. The molecule has 4 aromatic carbocycles. The number of hydrogen-bond acceptors (Lipinski definition) is 5. The predicted octanol–water partition coefficient (Wildman–Crippen LogP) is 5.49. The lowest BCUT2D eigenvalue weighted by atomic mass is 9.98. The summed E-state index contributed by atoms with van der Waals surface area (Å²) >= 11 is 0. The minimum Gasteiger partial charge on any atom is -0.496 e. The van der Waals surface area contributed by atoms with E-state index in [1.54, 1.807) is 21.1 Å². The third-order valence-electron chi connectivity index (χ3n) is 5.94. The molecule has 0 saturated carbocycles. The molecule has 0 amide bonds. The van der Waals surface area contributed by atoms with Gasteiger partial charge in [0.15, 0.2) is 0 Å². The molecule has 6 heteroatoms. The average Bonchev–Trinajstić information content (AvgIpc) is 2.87. The molecule has 0 aliphatic heterocycles. The molecule has 6 nitrogen and oxygen atoms in total. The Morgan fingerprint density at radius 3 is 1.79 bits per heavy atom. The monoisotopic (exact) mass is 461 g/mol. The van der Waals surface area contributed by atoms with Crippen molar-refractivity contribution in [3.05, 3.63) is 83.9 Å². The standard InChI is InChI=1S/C14H17NO2.C14H14O3/c1-10(15-9-16)11-6-7-13-12(8-11)4-3-5-14(13)17-2;1-9(14(15)16)10-6-7-12-11(8-10)4-3-5-13(12)17-2/h3-8,10,15-16H,9H2,1-2H3;3-9H,1-2H3,(H,15,16). The molecule has 178 valence electrons. The predicted molar refractivity (Wildman–Crippen MR) is 136 cm³/mol. The van der Waals surface area contributed by atoms with Gasteiger partial charge in [-0.25, -0.2) is 0 Å². The SMILES string of the molecule is COc1cccc2cc(C(C)C(=O)O)ccc12.COc1cccc2cc(C(C)NCO)ccc12. The molecule has 0 fully saturated rings. The zero-order chi connectivity index (χ0) is 24.7. The molecule has 2 unspecified atom stereocenters. The fourth-order valence-electron chi connectivity index (χ4n) is 3.84. The van der Waals surface area contributed by atoms with E-state index >= 15 is 0 Å². The van der Waals surface area contributed by atoms with Gasteiger partial charge in [0.25, 0.3) is 0 Å². The number of carboxylic acid groups (broad SMARTS) is 1. The first kappa shape index (κ1) is 25.0. The molecule has 0 heterocycles. The number of hydrogen-bond donors (Lipinski definition) is 3. The number of carboxylic acids is 1. The van der Waals surface area contributed by atoms with Crippen molar-refractivity contribution in [3.63, 3.8) is 0 Å². The van der Waals surface area contributed by atoms with Crippen LogP contribution in [0.5, 0.6) is 11.5 Å². The van der Waals surface area contributed by atoms with Gasteiger partial charge in [0.1, 0.15) is 11.5 Å². The van der Waals surface area contributed by atoms with Crippen LogP contribution in [0.15, 0.2) is 72.8 Å². The number of ether oxygens (including phenoxy) is 2. The number of nitrogens with one attached hydrogen (secondary N) is 1. The molecule has 0 aliphatic rings. The quantitative estimate of drug-likeness (QED) is 0.316. The van der Waals surface area contributed by atoms with Crippen LogP contribution in [-0.2, 0) is 4.79 Å². The fraction of sp³-hybridized carbons (Fsp3) is 0.250. The maximum absolute atomic E-state index is 10.9. The molecule has 0 aliphatic carbocycles. The molecule has 0 aromatic heterocycles. The Kier molecular flexibility index (Phi) is 8.46. The van der Waals surface area contributed by atoms with E-state index in [2.05, 4.69) is 29.6 Å². The number of aliphatic hydroxyl groups excluding tert-OH is 1. The summed E-state index contributed by atoms with van der Waals surface area (Å²) in [7, 11) is 3.31. The van der Waals surface area contributed by atoms with Crippen molar-refractivity contribution < 1.29 is 24.5 Å². The zero-order valence-corrected chi connectivity index (χ0v) is 19.9. The number of aliphatic hydroxyl groups is 1. The largest absolute Gasteiger partial charge is 0.496 e. The van der Waals surface area contributed by atoms with Gasteiger partial charge in [0, 0.05) is 16.8 Å². The number of carbonyl (C=O) groups is 1. The Morgan fingerprint density at radius 2 is 1.32 bits per heavy atom. The van der Waals surface area contributed by atoms with Crippen molar-refractivity contribution >= 4 is 27.5 Å². The van der Waals surface area contributed by atoms with Crippen LogP contribution < -0.4 is 14.8 Å². The van der Waals surface area contributed by atoms with E-state index in [1.165, 1.54) is 0 Å². The van der Waals surface area contributed by atoms with Crippen LogP contribution in [0.2, 0.25) is 0 Å². The van der Waals surface area contributed by atoms with Crippen molar-refractivity contribution in [3.8, 4) is 11.5 Å². The second-order valence-corrected chi connectivity index (χ2v) is 8.03. The lowest BCUT2D eigenvalue weighted by molar-refractivity contribution is -0.138. The summed E-state index contributed by atoms with van der Waals surface area (Å²) in [4.78, 5) is 10.9. The maximum atomic E-state index is 10.9.